The first-order valence-electron chi connectivity index (χ1n) is 6.27. The number of benzene rings is 1. The van der Waals surface area contributed by atoms with Crippen molar-refractivity contribution < 1.29 is 19.1 Å². The molecule has 4 nitrogen and oxygen atoms in total. The number of carbonyl (C=O) groups is 2. The average molecular weight is 344 g/mol. The lowest BCUT2D eigenvalue weighted by Crippen LogP contribution is -2.35. The molecule has 0 saturated carbocycles. The molecule has 1 saturated heterocycles. The summed E-state index contributed by atoms with van der Waals surface area (Å²) in [5.74, 6) is -1.38. The molecule has 1 heterocycles. The van der Waals surface area contributed by atoms with Crippen LogP contribution in [0.1, 0.15) is 18.9 Å². The molecule has 0 spiro atoms. The molecule has 1 atom stereocenters. The van der Waals surface area contributed by atoms with E-state index < -0.39 is 11.4 Å². The standard InChI is InChI=1S/C14H15BrFNO3/c1-14(13(19)20)4-5-17(8-14)12(18)7-9-2-3-11(16)10(15)6-9/h2-3,6H,4-5,7-8H2,1H3,(H,19,20)/t14-/m0/s1. The lowest BCUT2D eigenvalue weighted by molar-refractivity contribution is -0.147. The van der Waals surface area contributed by atoms with Gasteiger partial charge in [0.15, 0.2) is 0 Å². The van der Waals surface area contributed by atoms with Gasteiger partial charge in [-0.2, -0.15) is 0 Å². The Bertz CT molecular complexity index is 563. The van der Waals surface area contributed by atoms with Crippen molar-refractivity contribution in [3.8, 4) is 0 Å². The lowest BCUT2D eigenvalue weighted by Gasteiger charge is -2.20. The molecular weight excluding hydrogens is 329 g/mol. The van der Waals surface area contributed by atoms with Gasteiger partial charge >= 0.3 is 5.97 Å². The highest BCUT2D eigenvalue weighted by Gasteiger charge is 2.41. The number of likely N-dealkylation sites (tertiary alicyclic amines) is 1. The monoisotopic (exact) mass is 343 g/mol. The van der Waals surface area contributed by atoms with Gasteiger partial charge in [0.2, 0.25) is 5.91 Å². The molecule has 20 heavy (non-hydrogen) atoms. The number of aliphatic carboxylic acids is 1. The van der Waals surface area contributed by atoms with Crippen LogP contribution in [-0.2, 0) is 16.0 Å². The van der Waals surface area contributed by atoms with Gasteiger partial charge in [0, 0.05) is 13.1 Å². The first-order chi connectivity index (χ1) is 9.32. The van der Waals surface area contributed by atoms with Crippen molar-refractivity contribution in [2.75, 3.05) is 13.1 Å². The third kappa shape index (κ3) is 3.00. The lowest BCUT2D eigenvalue weighted by atomic mass is 9.90. The summed E-state index contributed by atoms with van der Waals surface area (Å²) in [5, 5.41) is 9.14. The van der Waals surface area contributed by atoms with Crippen LogP contribution in [-0.4, -0.2) is 35.0 Å². The number of nitrogens with zero attached hydrogens (tertiary/aromatic N) is 1. The highest BCUT2D eigenvalue weighted by Crippen LogP contribution is 2.30. The molecule has 1 aromatic rings. The van der Waals surface area contributed by atoms with Gasteiger partial charge in [-0.3, -0.25) is 9.59 Å². The van der Waals surface area contributed by atoms with Crippen LogP contribution >= 0.6 is 15.9 Å². The minimum atomic E-state index is -0.877. The molecule has 1 fully saturated rings. The quantitative estimate of drug-likeness (QED) is 0.916. The van der Waals surface area contributed by atoms with Gasteiger partial charge in [-0.05, 0) is 47.0 Å². The molecule has 1 amide bonds. The number of hydrogen-bond acceptors (Lipinski definition) is 2. The van der Waals surface area contributed by atoms with E-state index >= 15 is 0 Å². The molecule has 108 valence electrons. The molecule has 1 aliphatic rings. The number of amides is 1. The fourth-order valence-electron chi connectivity index (χ4n) is 2.28. The highest BCUT2D eigenvalue weighted by molar-refractivity contribution is 9.10. The van der Waals surface area contributed by atoms with Gasteiger partial charge in [-0.15, -0.1) is 0 Å². The summed E-state index contributed by atoms with van der Waals surface area (Å²) >= 11 is 3.08. The Balaban J connectivity index is 2.03. The van der Waals surface area contributed by atoms with Crippen LogP contribution in [0.3, 0.4) is 0 Å². The molecule has 1 aromatic carbocycles. The summed E-state index contributed by atoms with van der Waals surface area (Å²) in [5.41, 5.74) is -0.161. The Hall–Kier alpha value is -1.43. The van der Waals surface area contributed by atoms with Crippen LogP contribution in [0, 0.1) is 11.2 Å². The Kier molecular flexibility index (Phi) is 4.13. The van der Waals surface area contributed by atoms with Crippen molar-refractivity contribution in [1.29, 1.82) is 0 Å². The first kappa shape index (κ1) is 15.0. The summed E-state index contributed by atoms with van der Waals surface area (Å²) < 4.78 is 13.4. The summed E-state index contributed by atoms with van der Waals surface area (Å²) in [4.78, 5) is 24.9. The second kappa shape index (κ2) is 5.52. The van der Waals surface area contributed by atoms with E-state index in [1.54, 1.807) is 24.0 Å². The van der Waals surface area contributed by atoms with Crippen molar-refractivity contribution in [3.63, 3.8) is 0 Å². The van der Waals surface area contributed by atoms with Crippen molar-refractivity contribution in [2.24, 2.45) is 5.41 Å². The molecular formula is C14H15BrFNO3. The SMILES string of the molecule is C[C@]1(C(=O)O)CCN(C(=O)Cc2ccc(F)c(Br)c2)C1. The van der Waals surface area contributed by atoms with Crippen LogP contribution in [0.15, 0.2) is 22.7 Å². The van der Waals surface area contributed by atoms with Crippen LogP contribution in [0.5, 0.6) is 0 Å². The molecule has 1 N–H and O–H groups in total. The van der Waals surface area contributed by atoms with Crippen LogP contribution in [0.2, 0.25) is 0 Å². The van der Waals surface area contributed by atoms with E-state index in [0.29, 0.717) is 23.0 Å². The van der Waals surface area contributed by atoms with E-state index in [4.69, 9.17) is 5.11 Å². The molecule has 0 aromatic heterocycles. The van der Waals surface area contributed by atoms with Crippen molar-refractivity contribution in [1.82, 2.24) is 4.90 Å². The van der Waals surface area contributed by atoms with Gasteiger partial charge in [0.1, 0.15) is 5.82 Å². The predicted molar refractivity (Wildman–Crippen MR) is 74.7 cm³/mol. The molecule has 0 bridgehead atoms. The maximum Gasteiger partial charge on any atom is 0.311 e. The second-order valence-corrected chi connectivity index (χ2v) is 6.21. The number of hydrogen-bond donors (Lipinski definition) is 1. The average Bonchev–Trinajstić information content (AvgIpc) is 2.78. The van der Waals surface area contributed by atoms with Crippen molar-refractivity contribution in [3.05, 3.63) is 34.1 Å². The smallest absolute Gasteiger partial charge is 0.311 e. The number of halogens is 2. The van der Waals surface area contributed by atoms with E-state index in [0.717, 1.165) is 0 Å². The maximum atomic E-state index is 13.1. The van der Waals surface area contributed by atoms with Crippen molar-refractivity contribution >= 4 is 27.8 Å². The normalized spacial score (nSPS) is 22.1. The Morgan fingerprint density at radius 3 is 2.75 bits per heavy atom. The third-order valence-corrected chi connectivity index (χ3v) is 4.29. The van der Waals surface area contributed by atoms with Gasteiger partial charge in [-0.1, -0.05) is 6.07 Å². The summed E-state index contributed by atoms with van der Waals surface area (Å²) in [6.45, 7) is 2.32. The minimum Gasteiger partial charge on any atom is -0.481 e. The number of carbonyl (C=O) groups excluding carboxylic acids is 1. The van der Waals surface area contributed by atoms with Gasteiger partial charge in [0.25, 0.3) is 0 Å². The van der Waals surface area contributed by atoms with Gasteiger partial charge in [-0.25, -0.2) is 4.39 Å². The molecule has 1 aliphatic heterocycles. The zero-order valence-electron chi connectivity index (χ0n) is 11.0. The number of carboxylic acids is 1. The minimum absolute atomic E-state index is 0.131. The van der Waals surface area contributed by atoms with Crippen molar-refractivity contribution in [2.45, 2.75) is 19.8 Å². The zero-order chi connectivity index (χ0) is 14.9. The van der Waals surface area contributed by atoms with E-state index in [2.05, 4.69) is 15.9 Å². The van der Waals surface area contributed by atoms with Crippen LogP contribution < -0.4 is 0 Å². The highest BCUT2D eigenvalue weighted by atomic mass is 79.9. The van der Waals surface area contributed by atoms with E-state index in [-0.39, 0.29) is 24.7 Å². The van der Waals surface area contributed by atoms with Gasteiger partial charge < -0.3 is 10.0 Å². The number of rotatable bonds is 3. The van der Waals surface area contributed by atoms with E-state index in [1.165, 1.54) is 6.07 Å². The third-order valence-electron chi connectivity index (χ3n) is 3.68. The molecule has 0 aliphatic carbocycles. The second-order valence-electron chi connectivity index (χ2n) is 5.36. The first-order valence-corrected chi connectivity index (χ1v) is 7.06. The van der Waals surface area contributed by atoms with E-state index in [1.807, 2.05) is 0 Å². The maximum absolute atomic E-state index is 13.1. The Labute approximate surface area is 124 Å². The fraction of sp³-hybridized carbons (Fsp3) is 0.429. The Morgan fingerprint density at radius 1 is 1.50 bits per heavy atom. The molecule has 0 radical (unpaired) electrons. The van der Waals surface area contributed by atoms with Crippen LogP contribution in [0.4, 0.5) is 4.39 Å². The largest absolute Gasteiger partial charge is 0.481 e. The Morgan fingerprint density at radius 2 is 2.20 bits per heavy atom. The molecule has 2 rings (SSSR count). The topological polar surface area (TPSA) is 57.6 Å². The zero-order valence-corrected chi connectivity index (χ0v) is 12.6. The number of carboxylic acid groups (broad SMARTS) is 1. The fourth-order valence-corrected chi connectivity index (χ4v) is 2.71. The summed E-state index contributed by atoms with van der Waals surface area (Å²) in [6.07, 6.45) is 0.607. The summed E-state index contributed by atoms with van der Waals surface area (Å²) in [7, 11) is 0. The summed E-state index contributed by atoms with van der Waals surface area (Å²) in [6, 6.07) is 4.43. The predicted octanol–water partition coefficient (Wildman–Crippen LogP) is 2.45. The molecule has 0 unspecified atom stereocenters. The van der Waals surface area contributed by atoms with Crippen LogP contribution in [0.25, 0.3) is 0 Å². The van der Waals surface area contributed by atoms with Gasteiger partial charge in [0.05, 0.1) is 16.3 Å². The van der Waals surface area contributed by atoms with E-state index in [9.17, 15) is 14.0 Å². The molecule has 6 heteroatoms.